The van der Waals surface area contributed by atoms with Crippen molar-refractivity contribution in [2.24, 2.45) is 11.7 Å². The predicted octanol–water partition coefficient (Wildman–Crippen LogP) is 1.04. The Labute approximate surface area is 114 Å². The summed E-state index contributed by atoms with van der Waals surface area (Å²) in [4.78, 5) is 11.9. The summed E-state index contributed by atoms with van der Waals surface area (Å²) in [6.45, 7) is 4.10. The molecule has 106 valence electrons. The van der Waals surface area contributed by atoms with Gasteiger partial charge in [0.25, 0.3) is 5.91 Å². The van der Waals surface area contributed by atoms with Crippen molar-refractivity contribution >= 4 is 5.91 Å². The van der Waals surface area contributed by atoms with Gasteiger partial charge in [0.15, 0.2) is 0 Å². The number of rotatable bonds is 8. The molecule has 0 aliphatic rings. The standard InChI is InChI=1S/C14H22N2O3/c1-11(9-15)10-16-14(17)12-4-3-5-13(8-12)19-7-6-18-2/h3-5,8,11H,6-7,9-10,15H2,1-2H3,(H,16,17). The molecule has 1 rings (SSSR count). The van der Waals surface area contributed by atoms with E-state index in [0.29, 0.717) is 37.6 Å². The van der Waals surface area contributed by atoms with Crippen molar-refractivity contribution in [2.75, 3.05) is 33.4 Å². The van der Waals surface area contributed by atoms with Crippen LogP contribution in [0, 0.1) is 5.92 Å². The van der Waals surface area contributed by atoms with Gasteiger partial charge >= 0.3 is 0 Å². The molecule has 5 nitrogen and oxygen atoms in total. The molecule has 0 saturated heterocycles. The monoisotopic (exact) mass is 266 g/mol. The van der Waals surface area contributed by atoms with Gasteiger partial charge in [-0.2, -0.15) is 0 Å². The van der Waals surface area contributed by atoms with E-state index < -0.39 is 0 Å². The molecule has 1 unspecified atom stereocenters. The highest BCUT2D eigenvalue weighted by Crippen LogP contribution is 2.13. The number of benzene rings is 1. The zero-order chi connectivity index (χ0) is 14.1. The number of methoxy groups -OCH3 is 1. The van der Waals surface area contributed by atoms with E-state index in [-0.39, 0.29) is 11.8 Å². The van der Waals surface area contributed by atoms with E-state index in [1.807, 2.05) is 13.0 Å². The summed E-state index contributed by atoms with van der Waals surface area (Å²) in [5.74, 6) is 0.819. The van der Waals surface area contributed by atoms with Crippen molar-refractivity contribution in [2.45, 2.75) is 6.92 Å². The molecule has 0 aromatic heterocycles. The number of nitrogens with two attached hydrogens (primary N) is 1. The summed E-state index contributed by atoms with van der Waals surface area (Å²) in [7, 11) is 1.62. The van der Waals surface area contributed by atoms with Crippen LogP contribution >= 0.6 is 0 Å². The summed E-state index contributed by atoms with van der Waals surface area (Å²) in [5.41, 5.74) is 6.09. The lowest BCUT2D eigenvalue weighted by Crippen LogP contribution is -2.31. The molecule has 1 aromatic carbocycles. The first-order valence-corrected chi connectivity index (χ1v) is 6.37. The highest BCUT2D eigenvalue weighted by Gasteiger charge is 2.08. The average Bonchev–Trinajstić information content (AvgIpc) is 2.45. The smallest absolute Gasteiger partial charge is 0.251 e. The second-order valence-corrected chi connectivity index (χ2v) is 4.42. The second-order valence-electron chi connectivity index (χ2n) is 4.42. The Morgan fingerprint density at radius 2 is 2.21 bits per heavy atom. The van der Waals surface area contributed by atoms with Crippen LogP contribution in [-0.2, 0) is 4.74 Å². The lowest BCUT2D eigenvalue weighted by molar-refractivity contribution is 0.0948. The lowest BCUT2D eigenvalue weighted by atomic mass is 10.1. The van der Waals surface area contributed by atoms with Gasteiger partial charge in [-0.25, -0.2) is 0 Å². The number of amides is 1. The molecule has 0 aliphatic carbocycles. The van der Waals surface area contributed by atoms with Crippen LogP contribution in [0.2, 0.25) is 0 Å². The predicted molar refractivity (Wildman–Crippen MR) is 74.4 cm³/mol. The van der Waals surface area contributed by atoms with E-state index in [4.69, 9.17) is 15.2 Å². The molecule has 19 heavy (non-hydrogen) atoms. The zero-order valence-electron chi connectivity index (χ0n) is 11.5. The summed E-state index contributed by atoms with van der Waals surface area (Å²) in [5, 5.41) is 2.84. The highest BCUT2D eigenvalue weighted by atomic mass is 16.5. The van der Waals surface area contributed by atoms with Crippen LogP contribution in [0.5, 0.6) is 5.75 Å². The first-order valence-electron chi connectivity index (χ1n) is 6.37. The van der Waals surface area contributed by atoms with Crippen molar-refractivity contribution in [1.82, 2.24) is 5.32 Å². The summed E-state index contributed by atoms with van der Waals surface area (Å²) >= 11 is 0. The third-order valence-electron chi connectivity index (χ3n) is 2.67. The molecule has 0 saturated carbocycles. The molecule has 0 bridgehead atoms. The Morgan fingerprint density at radius 3 is 2.89 bits per heavy atom. The quantitative estimate of drug-likeness (QED) is 0.689. The molecular formula is C14H22N2O3. The van der Waals surface area contributed by atoms with Crippen molar-refractivity contribution < 1.29 is 14.3 Å². The third kappa shape index (κ3) is 5.72. The molecule has 1 amide bonds. The average molecular weight is 266 g/mol. The van der Waals surface area contributed by atoms with Crippen LogP contribution in [0.25, 0.3) is 0 Å². The molecule has 1 atom stereocenters. The summed E-state index contributed by atoms with van der Waals surface area (Å²) in [6.07, 6.45) is 0. The molecule has 0 fully saturated rings. The fraction of sp³-hybridized carbons (Fsp3) is 0.500. The third-order valence-corrected chi connectivity index (χ3v) is 2.67. The maximum absolute atomic E-state index is 11.9. The largest absolute Gasteiger partial charge is 0.491 e. The number of hydrogen-bond donors (Lipinski definition) is 2. The van der Waals surface area contributed by atoms with Crippen LogP contribution in [-0.4, -0.2) is 39.3 Å². The normalized spacial score (nSPS) is 11.9. The minimum atomic E-state index is -0.113. The fourth-order valence-corrected chi connectivity index (χ4v) is 1.42. The van der Waals surface area contributed by atoms with E-state index in [1.165, 1.54) is 0 Å². The first-order chi connectivity index (χ1) is 9.17. The van der Waals surface area contributed by atoms with Crippen molar-refractivity contribution in [3.63, 3.8) is 0 Å². The van der Waals surface area contributed by atoms with Gasteiger partial charge in [0.05, 0.1) is 6.61 Å². The summed E-state index contributed by atoms with van der Waals surface area (Å²) < 4.78 is 10.4. The van der Waals surface area contributed by atoms with E-state index >= 15 is 0 Å². The van der Waals surface area contributed by atoms with Gasteiger partial charge < -0.3 is 20.5 Å². The van der Waals surface area contributed by atoms with Crippen LogP contribution in [0.3, 0.4) is 0 Å². The van der Waals surface area contributed by atoms with Gasteiger partial charge in [0.1, 0.15) is 12.4 Å². The van der Waals surface area contributed by atoms with Crippen molar-refractivity contribution in [1.29, 1.82) is 0 Å². The van der Waals surface area contributed by atoms with E-state index in [0.717, 1.165) is 0 Å². The highest BCUT2D eigenvalue weighted by molar-refractivity contribution is 5.94. The maximum Gasteiger partial charge on any atom is 0.251 e. The van der Waals surface area contributed by atoms with Crippen molar-refractivity contribution in [3.8, 4) is 5.75 Å². The Kier molecular flexibility index (Phi) is 6.92. The number of carbonyl (C=O) groups excluding carboxylic acids is 1. The van der Waals surface area contributed by atoms with E-state index in [2.05, 4.69) is 5.32 Å². The number of nitrogens with one attached hydrogen (secondary N) is 1. The fourth-order valence-electron chi connectivity index (χ4n) is 1.42. The molecule has 0 radical (unpaired) electrons. The Hall–Kier alpha value is -1.59. The molecule has 0 aliphatic heterocycles. The Morgan fingerprint density at radius 1 is 1.42 bits per heavy atom. The number of hydrogen-bond acceptors (Lipinski definition) is 4. The van der Waals surface area contributed by atoms with Gasteiger partial charge in [0, 0.05) is 19.2 Å². The van der Waals surface area contributed by atoms with Crippen molar-refractivity contribution in [3.05, 3.63) is 29.8 Å². The molecule has 0 spiro atoms. The Bertz CT molecular complexity index is 396. The minimum Gasteiger partial charge on any atom is -0.491 e. The van der Waals surface area contributed by atoms with Gasteiger partial charge in [-0.15, -0.1) is 0 Å². The maximum atomic E-state index is 11.9. The van der Waals surface area contributed by atoms with Gasteiger partial charge in [-0.3, -0.25) is 4.79 Å². The van der Waals surface area contributed by atoms with Crippen LogP contribution in [0.15, 0.2) is 24.3 Å². The van der Waals surface area contributed by atoms with Crippen LogP contribution < -0.4 is 15.8 Å². The number of ether oxygens (including phenoxy) is 2. The van der Waals surface area contributed by atoms with E-state index in [9.17, 15) is 4.79 Å². The molecule has 3 N–H and O–H groups in total. The minimum absolute atomic E-state index is 0.113. The SMILES string of the molecule is COCCOc1cccc(C(=O)NCC(C)CN)c1. The molecule has 0 heterocycles. The van der Waals surface area contributed by atoms with Gasteiger partial charge in [-0.1, -0.05) is 13.0 Å². The lowest BCUT2D eigenvalue weighted by Gasteiger charge is -2.11. The first kappa shape index (κ1) is 15.5. The zero-order valence-corrected chi connectivity index (χ0v) is 11.5. The van der Waals surface area contributed by atoms with Gasteiger partial charge in [-0.05, 0) is 30.7 Å². The molecule has 5 heteroatoms. The van der Waals surface area contributed by atoms with Crippen LogP contribution in [0.1, 0.15) is 17.3 Å². The summed E-state index contributed by atoms with van der Waals surface area (Å²) in [6, 6.07) is 7.09. The topological polar surface area (TPSA) is 73.6 Å². The number of carbonyl (C=O) groups is 1. The Balaban J connectivity index is 2.52. The molecular weight excluding hydrogens is 244 g/mol. The molecule has 1 aromatic rings. The van der Waals surface area contributed by atoms with Crippen LogP contribution in [0.4, 0.5) is 0 Å². The van der Waals surface area contributed by atoms with E-state index in [1.54, 1.807) is 25.3 Å². The second kappa shape index (κ2) is 8.50. The van der Waals surface area contributed by atoms with Gasteiger partial charge in [0.2, 0.25) is 0 Å².